The van der Waals surface area contributed by atoms with Gasteiger partial charge in [0.2, 0.25) is 11.8 Å². The maximum atomic E-state index is 13.9. The average Bonchev–Trinajstić information content (AvgIpc) is 2.92. The Morgan fingerprint density at radius 3 is 2.17 bits per heavy atom. The highest BCUT2D eigenvalue weighted by atomic mass is 35.5. The summed E-state index contributed by atoms with van der Waals surface area (Å²) in [6.07, 6.45) is 0.696. The fourth-order valence-corrected chi connectivity index (χ4v) is 5.52. The molecule has 0 aliphatic rings. The van der Waals surface area contributed by atoms with Crippen molar-refractivity contribution in [1.29, 1.82) is 0 Å². The van der Waals surface area contributed by atoms with Crippen LogP contribution in [-0.2, 0) is 26.2 Å². The summed E-state index contributed by atoms with van der Waals surface area (Å²) < 4.78 is 42.3. The van der Waals surface area contributed by atoms with Crippen LogP contribution in [0, 0.1) is 19.7 Å². The number of anilines is 1. The van der Waals surface area contributed by atoms with E-state index in [1.165, 1.54) is 47.4 Å². The molecule has 3 rings (SSSR count). The second kappa shape index (κ2) is 13.3. The molecule has 214 valence electrons. The second-order valence-electron chi connectivity index (χ2n) is 9.90. The van der Waals surface area contributed by atoms with Crippen LogP contribution >= 0.6 is 11.6 Å². The molecule has 10 heteroatoms. The Hall–Kier alpha value is -3.43. The van der Waals surface area contributed by atoms with E-state index in [1.54, 1.807) is 38.1 Å². The van der Waals surface area contributed by atoms with Crippen molar-refractivity contribution in [2.24, 2.45) is 0 Å². The Morgan fingerprint density at radius 2 is 1.60 bits per heavy atom. The van der Waals surface area contributed by atoms with E-state index in [9.17, 15) is 22.4 Å². The maximum absolute atomic E-state index is 13.9. The first-order chi connectivity index (χ1) is 18.8. The van der Waals surface area contributed by atoms with Crippen LogP contribution in [0.25, 0.3) is 0 Å². The van der Waals surface area contributed by atoms with Crippen LogP contribution in [-0.4, -0.2) is 43.8 Å². The van der Waals surface area contributed by atoms with Gasteiger partial charge in [-0.2, -0.15) is 0 Å². The van der Waals surface area contributed by atoms with E-state index in [0.717, 1.165) is 15.4 Å². The molecular weight excluding hydrogens is 553 g/mol. The van der Waals surface area contributed by atoms with Crippen molar-refractivity contribution in [1.82, 2.24) is 10.2 Å². The van der Waals surface area contributed by atoms with Crippen LogP contribution in [0.3, 0.4) is 0 Å². The quantitative estimate of drug-likeness (QED) is 0.315. The van der Waals surface area contributed by atoms with E-state index < -0.39 is 34.3 Å². The van der Waals surface area contributed by atoms with Crippen LogP contribution in [0.4, 0.5) is 10.1 Å². The largest absolute Gasteiger partial charge is 0.352 e. The lowest BCUT2D eigenvalue weighted by atomic mass is 10.1. The molecule has 0 heterocycles. The minimum absolute atomic E-state index is 0.00949. The minimum atomic E-state index is -4.20. The molecule has 3 aromatic rings. The molecule has 3 aromatic carbocycles. The number of hydrogen-bond donors (Lipinski definition) is 1. The lowest BCUT2D eigenvalue weighted by molar-refractivity contribution is -0.139. The third kappa shape index (κ3) is 7.61. The number of amides is 2. The summed E-state index contributed by atoms with van der Waals surface area (Å²) in [6.45, 7) is 8.39. The average molecular weight is 588 g/mol. The highest BCUT2D eigenvalue weighted by Crippen LogP contribution is 2.29. The van der Waals surface area contributed by atoms with Crippen molar-refractivity contribution < 1.29 is 22.4 Å². The van der Waals surface area contributed by atoms with Gasteiger partial charge in [-0.05, 0) is 81.6 Å². The number of carbonyl (C=O) groups excluding carboxylic acids is 2. The van der Waals surface area contributed by atoms with Gasteiger partial charge in [-0.15, -0.1) is 0 Å². The zero-order chi connectivity index (χ0) is 29.6. The number of sulfonamides is 1. The highest BCUT2D eigenvalue weighted by Gasteiger charge is 2.33. The molecule has 0 saturated carbocycles. The van der Waals surface area contributed by atoms with E-state index in [2.05, 4.69) is 5.32 Å². The molecule has 2 unspecified atom stereocenters. The summed E-state index contributed by atoms with van der Waals surface area (Å²) in [5.74, 6) is -1.42. The molecule has 2 atom stereocenters. The molecule has 0 radical (unpaired) electrons. The van der Waals surface area contributed by atoms with Gasteiger partial charge in [-0.3, -0.25) is 13.9 Å². The number of nitrogens with one attached hydrogen (secondary N) is 1. The highest BCUT2D eigenvalue weighted by molar-refractivity contribution is 7.92. The van der Waals surface area contributed by atoms with Crippen LogP contribution in [0.15, 0.2) is 71.6 Å². The van der Waals surface area contributed by atoms with Crippen molar-refractivity contribution in [3.8, 4) is 0 Å². The lowest BCUT2D eigenvalue weighted by Gasteiger charge is -2.32. The molecular formula is C30H35ClFN3O4S. The minimum Gasteiger partial charge on any atom is -0.352 e. The molecule has 0 saturated heterocycles. The molecule has 7 nitrogen and oxygen atoms in total. The Balaban J connectivity index is 2.04. The van der Waals surface area contributed by atoms with Crippen LogP contribution in [0.2, 0.25) is 5.02 Å². The van der Waals surface area contributed by atoms with Crippen molar-refractivity contribution in [2.45, 2.75) is 64.6 Å². The number of nitrogens with zero attached hydrogens (tertiary/aromatic N) is 2. The Labute approximate surface area is 241 Å². The molecule has 0 aromatic heterocycles. The summed E-state index contributed by atoms with van der Waals surface area (Å²) in [7, 11) is -4.20. The van der Waals surface area contributed by atoms with Gasteiger partial charge in [0, 0.05) is 17.6 Å². The lowest BCUT2D eigenvalue weighted by Crippen LogP contribution is -2.52. The standard InChI is InChI=1S/C30H35ClFN3O4S/c1-6-22(4)33-30(37)23(5)34(18-24-10-12-25(32)13-11-24)29(36)19-35(26-14-9-21(3)28(31)17-26)40(38,39)27-15-7-20(2)8-16-27/h7-17,22-23H,6,18-19H2,1-5H3,(H,33,37). The first kappa shape index (κ1) is 31.1. The first-order valence-electron chi connectivity index (χ1n) is 13.0. The number of benzene rings is 3. The summed E-state index contributed by atoms with van der Waals surface area (Å²) in [5, 5.41) is 3.22. The SMILES string of the molecule is CCC(C)NC(=O)C(C)N(Cc1ccc(F)cc1)C(=O)CN(c1ccc(C)c(Cl)c1)S(=O)(=O)c1ccc(C)cc1. The molecule has 2 amide bonds. The van der Waals surface area contributed by atoms with E-state index in [1.807, 2.05) is 20.8 Å². The Kier molecular flexibility index (Phi) is 10.3. The topological polar surface area (TPSA) is 86.8 Å². The van der Waals surface area contributed by atoms with E-state index in [0.29, 0.717) is 17.0 Å². The van der Waals surface area contributed by atoms with Gasteiger partial charge in [-0.25, -0.2) is 12.8 Å². The summed E-state index contributed by atoms with van der Waals surface area (Å²) in [5.41, 5.74) is 2.43. The summed E-state index contributed by atoms with van der Waals surface area (Å²) >= 11 is 6.35. The van der Waals surface area contributed by atoms with Crippen LogP contribution in [0.5, 0.6) is 0 Å². The third-order valence-electron chi connectivity index (χ3n) is 6.77. The van der Waals surface area contributed by atoms with Gasteiger partial charge in [0.15, 0.2) is 0 Å². The zero-order valence-corrected chi connectivity index (χ0v) is 24.9. The monoisotopic (exact) mass is 587 g/mol. The molecule has 40 heavy (non-hydrogen) atoms. The zero-order valence-electron chi connectivity index (χ0n) is 23.3. The van der Waals surface area contributed by atoms with E-state index in [4.69, 9.17) is 11.6 Å². The Bertz CT molecular complexity index is 1450. The van der Waals surface area contributed by atoms with Crippen LogP contribution in [0.1, 0.15) is 43.9 Å². The van der Waals surface area contributed by atoms with Crippen LogP contribution < -0.4 is 9.62 Å². The molecule has 0 aliphatic heterocycles. The second-order valence-corrected chi connectivity index (χ2v) is 12.2. The van der Waals surface area contributed by atoms with Crippen molar-refractivity contribution in [3.63, 3.8) is 0 Å². The number of hydrogen-bond acceptors (Lipinski definition) is 4. The van der Waals surface area contributed by atoms with E-state index in [-0.39, 0.29) is 29.1 Å². The van der Waals surface area contributed by atoms with Gasteiger partial charge >= 0.3 is 0 Å². The molecule has 0 fully saturated rings. The Morgan fingerprint density at radius 1 is 0.975 bits per heavy atom. The summed E-state index contributed by atoms with van der Waals surface area (Å²) in [4.78, 5) is 28.3. The maximum Gasteiger partial charge on any atom is 0.264 e. The van der Waals surface area contributed by atoms with Gasteiger partial charge in [0.1, 0.15) is 18.4 Å². The fraction of sp³-hybridized carbons (Fsp3) is 0.333. The molecule has 0 spiro atoms. The number of halogens is 2. The number of carbonyl (C=O) groups is 2. The normalized spacial score (nSPS) is 12.9. The number of rotatable bonds is 11. The number of aryl methyl sites for hydroxylation is 2. The summed E-state index contributed by atoms with van der Waals surface area (Å²) in [6, 6.07) is 15.6. The van der Waals surface area contributed by atoms with E-state index >= 15 is 0 Å². The van der Waals surface area contributed by atoms with Gasteiger partial charge in [0.05, 0.1) is 10.6 Å². The van der Waals surface area contributed by atoms with Gasteiger partial charge in [0.25, 0.3) is 10.0 Å². The smallest absolute Gasteiger partial charge is 0.264 e. The first-order valence-corrected chi connectivity index (χ1v) is 14.8. The predicted molar refractivity (Wildman–Crippen MR) is 156 cm³/mol. The van der Waals surface area contributed by atoms with Crippen molar-refractivity contribution in [3.05, 3.63) is 94.3 Å². The fourth-order valence-electron chi connectivity index (χ4n) is 3.94. The predicted octanol–water partition coefficient (Wildman–Crippen LogP) is 5.62. The molecule has 0 bridgehead atoms. The third-order valence-corrected chi connectivity index (χ3v) is 8.96. The van der Waals surface area contributed by atoms with Gasteiger partial charge in [-0.1, -0.05) is 54.4 Å². The molecule has 1 N–H and O–H groups in total. The molecule has 0 aliphatic carbocycles. The van der Waals surface area contributed by atoms with Crippen molar-refractivity contribution in [2.75, 3.05) is 10.8 Å². The van der Waals surface area contributed by atoms with Crippen molar-refractivity contribution >= 4 is 39.1 Å². The van der Waals surface area contributed by atoms with Gasteiger partial charge < -0.3 is 10.2 Å².